The summed E-state index contributed by atoms with van der Waals surface area (Å²) in [6, 6.07) is 12.6. The number of hydrogen-bond donors (Lipinski definition) is 1. The Morgan fingerprint density at radius 2 is 2.00 bits per heavy atom. The zero-order valence-corrected chi connectivity index (χ0v) is 15.0. The number of benzene rings is 1. The third-order valence-electron chi connectivity index (χ3n) is 4.34. The molecule has 1 aliphatic rings. The van der Waals surface area contributed by atoms with Gasteiger partial charge in [-0.2, -0.15) is 5.10 Å². The summed E-state index contributed by atoms with van der Waals surface area (Å²) in [5.74, 6) is 0.479. The Hall–Kier alpha value is -1.70. The molecule has 0 saturated carbocycles. The summed E-state index contributed by atoms with van der Waals surface area (Å²) in [5.41, 5.74) is 3.27. The summed E-state index contributed by atoms with van der Waals surface area (Å²) >= 11 is 0. The Kier molecular flexibility index (Phi) is 5.03. The number of hydrogen-bond acceptors (Lipinski definition) is 4. The molecular formula is C17H24N4O2S. The minimum atomic E-state index is -3.19. The molecule has 6 nitrogen and oxygen atoms in total. The molecule has 130 valence electrons. The van der Waals surface area contributed by atoms with Crippen LogP contribution in [0.4, 0.5) is 0 Å². The first kappa shape index (κ1) is 17.1. The van der Waals surface area contributed by atoms with Crippen LogP contribution >= 0.6 is 0 Å². The lowest BCUT2D eigenvalue weighted by Crippen LogP contribution is -2.36. The average molecular weight is 348 g/mol. The first-order valence-corrected chi connectivity index (χ1v) is 10.1. The van der Waals surface area contributed by atoms with Crippen LogP contribution in [0.3, 0.4) is 0 Å². The molecule has 1 aliphatic heterocycles. The summed E-state index contributed by atoms with van der Waals surface area (Å²) in [6.07, 6.45) is 1.16. The molecule has 2 heterocycles. The van der Waals surface area contributed by atoms with Crippen LogP contribution in [-0.2, 0) is 29.7 Å². The van der Waals surface area contributed by atoms with Crippen molar-refractivity contribution >= 4 is 10.0 Å². The Bertz CT molecular complexity index is 786. The predicted octanol–water partition coefficient (Wildman–Crippen LogP) is 1.55. The van der Waals surface area contributed by atoms with Crippen molar-refractivity contribution in [3.63, 3.8) is 0 Å². The summed E-state index contributed by atoms with van der Waals surface area (Å²) in [6.45, 7) is 6.16. The smallest absolute Gasteiger partial charge is 0.209 e. The fraction of sp³-hybridized carbons (Fsp3) is 0.471. The molecule has 0 unspecified atom stereocenters. The fourth-order valence-electron chi connectivity index (χ4n) is 3.10. The molecule has 0 aliphatic carbocycles. The van der Waals surface area contributed by atoms with Gasteiger partial charge in [-0.15, -0.1) is 0 Å². The van der Waals surface area contributed by atoms with E-state index in [0.717, 1.165) is 43.8 Å². The summed E-state index contributed by atoms with van der Waals surface area (Å²) in [5, 5.41) is 4.49. The van der Waals surface area contributed by atoms with E-state index in [1.54, 1.807) is 0 Å². The van der Waals surface area contributed by atoms with Gasteiger partial charge in [0.1, 0.15) is 0 Å². The monoisotopic (exact) mass is 348 g/mol. The van der Waals surface area contributed by atoms with Crippen LogP contribution in [-0.4, -0.2) is 42.4 Å². The third kappa shape index (κ3) is 4.43. The van der Waals surface area contributed by atoms with E-state index in [2.05, 4.69) is 45.9 Å². The molecule has 1 N–H and O–H groups in total. The second-order valence-corrected chi connectivity index (χ2v) is 8.32. The lowest BCUT2D eigenvalue weighted by atomic mass is 10.0. The van der Waals surface area contributed by atoms with E-state index in [1.807, 2.05) is 16.8 Å². The van der Waals surface area contributed by atoms with E-state index in [4.69, 9.17) is 0 Å². The number of fused-ring (bicyclic) bond motifs is 1. The average Bonchev–Trinajstić information content (AvgIpc) is 2.95. The van der Waals surface area contributed by atoms with Crippen LogP contribution < -0.4 is 4.72 Å². The molecule has 0 bridgehead atoms. The van der Waals surface area contributed by atoms with Crippen LogP contribution in [0, 0.1) is 0 Å². The summed E-state index contributed by atoms with van der Waals surface area (Å²) in [4.78, 5) is 2.43. The van der Waals surface area contributed by atoms with Gasteiger partial charge in [-0.1, -0.05) is 37.3 Å². The molecule has 3 rings (SSSR count). The van der Waals surface area contributed by atoms with Gasteiger partial charge >= 0.3 is 0 Å². The summed E-state index contributed by atoms with van der Waals surface area (Å²) in [7, 11) is -3.19. The maximum atomic E-state index is 11.2. The van der Waals surface area contributed by atoms with E-state index >= 15 is 0 Å². The van der Waals surface area contributed by atoms with Crippen molar-refractivity contribution in [3.05, 3.63) is 53.3 Å². The number of nitrogens with zero attached hydrogens (tertiary/aromatic N) is 3. The number of nitrogens with one attached hydrogen (secondary N) is 1. The molecule has 1 atom stereocenters. The lowest BCUT2D eigenvalue weighted by Gasteiger charge is -2.30. The van der Waals surface area contributed by atoms with E-state index in [1.165, 1.54) is 5.56 Å². The second kappa shape index (κ2) is 7.04. The van der Waals surface area contributed by atoms with Crippen molar-refractivity contribution in [1.82, 2.24) is 19.4 Å². The van der Waals surface area contributed by atoms with Crippen LogP contribution in [0.2, 0.25) is 0 Å². The van der Waals surface area contributed by atoms with Gasteiger partial charge in [0.15, 0.2) is 0 Å². The van der Waals surface area contributed by atoms with E-state index in [9.17, 15) is 8.42 Å². The molecule has 1 aromatic carbocycles. The number of aromatic nitrogens is 2. The van der Waals surface area contributed by atoms with Crippen molar-refractivity contribution < 1.29 is 8.42 Å². The Labute approximate surface area is 143 Å². The minimum Gasteiger partial charge on any atom is -0.295 e. The van der Waals surface area contributed by atoms with Crippen LogP contribution in [0.15, 0.2) is 36.4 Å². The van der Waals surface area contributed by atoms with Crippen LogP contribution in [0.1, 0.15) is 29.8 Å². The number of sulfonamides is 1. The largest absolute Gasteiger partial charge is 0.295 e. The normalized spacial score (nSPS) is 16.8. The molecular weight excluding hydrogens is 324 g/mol. The quantitative estimate of drug-likeness (QED) is 0.860. The highest BCUT2D eigenvalue weighted by Crippen LogP contribution is 2.20. The maximum Gasteiger partial charge on any atom is 0.209 e. The van der Waals surface area contributed by atoms with Gasteiger partial charge in [0.05, 0.1) is 30.7 Å². The molecule has 1 aromatic heterocycles. The van der Waals surface area contributed by atoms with Crippen molar-refractivity contribution in [2.75, 3.05) is 19.3 Å². The molecule has 24 heavy (non-hydrogen) atoms. The van der Waals surface area contributed by atoms with Gasteiger partial charge in [0.2, 0.25) is 10.0 Å². The molecule has 2 aromatic rings. The van der Waals surface area contributed by atoms with Crippen molar-refractivity contribution in [3.8, 4) is 0 Å². The molecule has 0 radical (unpaired) electrons. The lowest BCUT2D eigenvalue weighted by molar-refractivity contribution is 0.204. The summed E-state index contributed by atoms with van der Waals surface area (Å²) < 4.78 is 26.9. The second-order valence-electron chi connectivity index (χ2n) is 6.49. The molecule has 0 saturated heterocycles. The van der Waals surface area contributed by atoms with Gasteiger partial charge in [0.25, 0.3) is 0 Å². The SMILES string of the molecule is C[C@@H](CN1CCn2nc(CNS(C)(=O)=O)cc2C1)c1ccccc1. The van der Waals surface area contributed by atoms with Crippen molar-refractivity contribution in [2.45, 2.75) is 32.5 Å². The molecule has 0 fully saturated rings. The number of rotatable bonds is 6. The van der Waals surface area contributed by atoms with Gasteiger partial charge in [-0.3, -0.25) is 9.58 Å². The topological polar surface area (TPSA) is 67.2 Å². The van der Waals surface area contributed by atoms with Gasteiger partial charge < -0.3 is 0 Å². The fourth-order valence-corrected chi connectivity index (χ4v) is 3.51. The van der Waals surface area contributed by atoms with Gasteiger partial charge in [-0.25, -0.2) is 13.1 Å². The minimum absolute atomic E-state index is 0.249. The standard InChI is InChI=1S/C17H24N4O2S/c1-14(15-6-4-3-5-7-15)12-20-8-9-21-17(13-20)10-16(19-21)11-18-24(2,22)23/h3-7,10,14,18H,8-9,11-13H2,1-2H3/t14-/m0/s1. The molecule has 0 spiro atoms. The predicted molar refractivity (Wildman–Crippen MR) is 94.0 cm³/mol. The zero-order chi connectivity index (χ0) is 17.2. The first-order chi connectivity index (χ1) is 11.4. The Morgan fingerprint density at radius 3 is 2.71 bits per heavy atom. The highest BCUT2D eigenvalue weighted by molar-refractivity contribution is 7.88. The van der Waals surface area contributed by atoms with E-state index < -0.39 is 10.0 Å². The first-order valence-electron chi connectivity index (χ1n) is 8.18. The molecule has 7 heteroatoms. The van der Waals surface area contributed by atoms with E-state index in [-0.39, 0.29) is 6.54 Å². The van der Waals surface area contributed by atoms with Gasteiger partial charge in [0, 0.05) is 19.6 Å². The highest BCUT2D eigenvalue weighted by atomic mass is 32.2. The Morgan fingerprint density at radius 1 is 1.25 bits per heavy atom. The zero-order valence-electron chi connectivity index (χ0n) is 14.1. The van der Waals surface area contributed by atoms with E-state index in [0.29, 0.717) is 5.92 Å². The van der Waals surface area contributed by atoms with Gasteiger partial charge in [-0.05, 0) is 17.5 Å². The highest BCUT2D eigenvalue weighted by Gasteiger charge is 2.20. The van der Waals surface area contributed by atoms with Crippen molar-refractivity contribution in [2.24, 2.45) is 0 Å². The Balaban J connectivity index is 1.61. The third-order valence-corrected chi connectivity index (χ3v) is 5.01. The van der Waals surface area contributed by atoms with Crippen LogP contribution in [0.5, 0.6) is 0 Å². The van der Waals surface area contributed by atoms with Crippen molar-refractivity contribution in [1.29, 1.82) is 0 Å². The van der Waals surface area contributed by atoms with Crippen LogP contribution in [0.25, 0.3) is 0 Å². The maximum absolute atomic E-state index is 11.2. The molecule has 0 amide bonds.